The highest BCUT2D eigenvalue weighted by Crippen LogP contribution is 2.26. The molecular formula is C11H18ClN3. The van der Waals surface area contributed by atoms with Gasteiger partial charge in [0.15, 0.2) is 0 Å². The Kier molecular flexibility index (Phi) is 3.91. The van der Waals surface area contributed by atoms with Crippen LogP contribution in [0.3, 0.4) is 0 Å². The van der Waals surface area contributed by atoms with Gasteiger partial charge in [0.05, 0.1) is 6.20 Å². The second-order valence-corrected chi connectivity index (χ2v) is 5.27. The molecule has 84 valence electrons. The molecule has 15 heavy (non-hydrogen) atoms. The van der Waals surface area contributed by atoms with Gasteiger partial charge < -0.3 is 5.32 Å². The fourth-order valence-electron chi connectivity index (χ4n) is 0.999. The molecule has 0 saturated heterocycles. The van der Waals surface area contributed by atoms with E-state index in [0.29, 0.717) is 16.8 Å². The second kappa shape index (κ2) is 4.79. The second-order valence-electron chi connectivity index (χ2n) is 4.87. The van der Waals surface area contributed by atoms with Crippen molar-refractivity contribution in [1.29, 1.82) is 0 Å². The van der Waals surface area contributed by atoms with Crippen LogP contribution < -0.4 is 5.32 Å². The number of rotatable bonds is 3. The average molecular weight is 228 g/mol. The minimum atomic E-state index is 0.284. The molecule has 0 saturated carbocycles. The lowest BCUT2D eigenvalue weighted by Crippen LogP contribution is -2.25. The Bertz CT molecular complexity index is 320. The number of nitrogens with zero attached hydrogens (tertiary/aromatic N) is 2. The summed E-state index contributed by atoms with van der Waals surface area (Å²) in [5, 5.41) is 3.80. The van der Waals surface area contributed by atoms with Crippen LogP contribution in [0.15, 0.2) is 12.5 Å². The predicted molar refractivity (Wildman–Crippen MR) is 64.2 cm³/mol. The van der Waals surface area contributed by atoms with Crippen LogP contribution in [-0.2, 0) is 0 Å². The maximum atomic E-state index is 5.93. The molecule has 1 atom stereocenters. The summed E-state index contributed by atoms with van der Waals surface area (Å²) in [6.45, 7) is 9.74. The van der Waals surface area contributed by atoms with Gasteiger partial charge >= 0.3 is 0 Å². The van der Waals surface area contributed by atoms with Gasteiger partial charge in [-0.25, -0.2) is 9.97 Å². The van der Waals surface area contributed by atoms with E-state index in [9.17, 15) is 0 Å². The molecule has 1 aromatic rings. The lowest BCUT2D eigenvalue weighted by atomic mass is 9.82. The number of hydrogen-bond donors (Lipinski definition) is 1. The van der Waals surface area contributed by atoms with E-state index in [1.807, 2.05) is 0 Å². The highest BCUT2D eigenvalue weighted by Gasteiger charge is 2.19. The van der Waals surface area contributed by atoms with E-state index in [0.717, 1.165) is 6.54 Å². The van der Waals surface area contributed by atoms with Gasteiger partial charge in [0.1, 0.15) is 17.2 Å². The molecule has 4 heteroatoms. The van der Waals surface area contributed by atoms with Crippen molar-refractivity contribution in [1.82, 2.24) is 9.97 Å². The third-order valence-corrected chi connectivity index (χ3v) is 3.00. The van der Waals surface area contributed by atoms with Crippen molar-refractivity contribution in [2.45, 2.75) is 27.7 Å². The normalized spacial score (nSPS) is 13.7. The van der Waals surface area contributed by atoms with E-state index in [4.69, 9.17) is 11.6 Å². The number of aromatic nitrogens is 2. The Labute approximate surface area is 96.3 Å². The zero-order valence-corrected chi connectivity index (χ0v) is 10.5. The molecule has 0 aliphatic carbocycles. The van der Waals surface area contributed by atoms with Gasteiger partial charge in [0.2, 0.25) is 0 Å². The molecule has 0 fully saturated rings. The Morgan fingerprint density at radius 3 is 2.67 bits per heavy atom. The summed E-state index contributed by atoms with van der Waals surface area (Å²) in [6, 6.07) is 0. The van der Waals surface area contributed by atoms with Crippen LogP contribution in [-0.4, -0.2) is 16.5 Å². The third kappa shape index (κ3) is 3.67. The van der Waals surface area contributed by atoms with Gasteiger partial charge in [-0.2, -0.15) is 0 Å². The average Bonchev–Trinajstić information content (AvgIpc) is 2.14. The highest BCUT2D eigenvalue weighted by atomic mass is 35.5. The van der Waals surface area contributed by atoms with Gasteiger partial charge in [-0.3, -0.25) is 0 Å². The largest absolute Gasteiger partial charge is 0.368 e. The fraction of sp³-hybridized carbons (Fsp3) is 0.636. The summed E-state index contributed by atoms with van der Waals surface area (Å²) >= 11 is 5.93. The van der Waals surface area contributed by atoms with Gasteiger partial charge in [-0.05, 0) is 11.3 Å². The number of halogens is 1. The Balaban J connectivity index is 2.55. The first-order chi connectivity index (χ1) is 6.91. The lowest BCUT2D eigenvalue weighted by Gasteiger charge is -2.27. The minimum Gasteiger partial charge on any atom is -0.368 e. The summed E-state index contributed by atoms with van der Waals surface area (Å²) in [7, 11) is 0. The number of anilines is 1. The summed E-state index contributed by atoms with van der Waals surface area (Å²) in [5.41, 5.74) is 0.284. The Morgan fingerprint density at radius 1 is 1.47 bits per heavy atom. The third-order valence-electron chi connectivity index (χ3n) is 2.72. The molecule has 0 amide bonds. The quantitative estimate of drug-likeness (QED) is 0.862. The molecule has 0 aliphatic rings. The van der Waals surface area contributed by atoms with Crippen LogP contribution in [0.5, 0.6) is 0 Å². The molecule has 0 bridgehead atoms. The fourth-order valence-corrected chi connectivity index (χ4v) is 1.17. The van der Waals surface area contributed by atoms with E-state index < -0.39 is 0 Å². The zero-order chi connectivity index (χ0) is 11.5. The van der Waals surface area contributed by atoms with E-state index in [-0.39, 0.29) is 5.41 Å². The standard InChI is InChI=1S/C11H18ClN3/c1-8(11(2,3)4)5-14-10-9(12)6-13-7-15-10/h6-8H,5H2,1-4H3,(H,13,14,15). The molecule has 1 aromatic heterocycles. The molecule has 1 rings (SSSR count). The summed E-state index contributed by atoms with van der Waals surface area (Å²) in [6.07, 6.45) is 3.09. The van der Waals surface area contributed by atoms with Crippen molar-refractivity contribution in [3.8, 4) is 0 Å². The maximum absolute atomic E-state index is 5.93. The first-order valence-corrected chi connectivity index (χ1v) is 5.48. The number of nitrogens with one attached hydrogen (secondary N) is 1. The molecule has 0 radical (unpaired) electrons. The predicted octanol–water partition coefficient (Wildman–Crippen LogP) is 3.22. The smallest absolute Gasteiger partial charge is 0.148 e. The van der Waals surface area contributed by atoms with Crippen molar-refractivity contribution < 1.29 is 0 Å². The Hall–Kier alpha value is -0.830. The van der Waals surface area contributed by atoms with Crippen molar-refractivity contribution >= 4 is 17.4 Å². The van der Waals surface area contributed by atoms with Crippen LogP contribution in [0.4, 0.5) is 5.82 Å². The van der Waals surface area contributed by atoms with Crippen LogP contribution in [0.2, 0.25) is 5.02 Å². The summed E-state index contributed by atoms with van der Waals surface area (Å²) in [5.74, 6) is 1.26. The molecule has 1 heterocycles. The maximum Gasteiger partial charge on any atom is 0.148 e. The van der Waals surface area contributed by atoms with Gasteiger partial charge in [-0.15, -0.1) is 0 Å². The summed E-state index contributed by atoms with van der Waals surface area (Å²) in [4.78, 5) is 7.92. The van der Waals surface area contributed by atoms with Crippen LogP contribution in [0, 0.1) is 11.3 Å². The SMILES string of the molecule is CC(CNc1ncncc1Cl)C(C)(C)C. The van der Waals surface area contributed by atoms with E-state index in [1.54, 1.807) is 6.20 Å². The van der Waals surface area contributed by atoms with Crippen molar-refractivity contribution in [2.75, 3.05) is 11.9 Å². The highest BCUT2D eigenvalue weighted by molar-refractivity contribution is 6.32. The molecule has 1 unspecified atom stereocenters. The first kappa shape index (κ1) is 12.2. The molecular weight excluding hydrogens is 210 g/mol. The molecule has 3 nitrogen and oxygen atoms in total. The van der Waals surface area contributed by atoms with Crippen molar-refractivity contribution in [3.63, 3.8) is 0 Å². The van der Waals surface area contributed by atoms with Crippen LogP contribution in [0.1, 0.15) is 27.7 Å². The van der Waals surface area contributed by atoms with Crippen LogP contribution >= 0.6 is 11.6 Å². The Morgan fingerprint density at radius 2 is 2.13 bits per heavy atom. The van der Waals surface area contributed by atoms with Crippen LogP contribution in [0.25, 0.3) is 0 Å². The monoisotopic (exact) mass is 227 g/mol. The lowest BCUT2D eigenvalue weighted by molar-refractivity contribution is 0.274. The topological polar surface area (TPSA) is 37.8 Å². The van der Waals surface area contributed by atoms with E-state index in [1.165, 1.54) is 6.33 Å². The zero-order valence-electron chi connectivity index (χ0n) is 9.71. The molecule has 0 aromatic carbocycles. The van der Waals surface area contributed by atoms with E-state index >= 15 is 0 Å². The minimum absolute atomic E-state index is 0.284. The van der Waals surface area contributed by atoms with Gasteiger partial charge in [0.25, 0.3) is 0 Å². The van der Waals surface area contributed by atoms with Gasteiger partial charge in [0, 0.05) is 6.54 Å². The van der Waals surface area contributed by atoms with E-state index in [2.05, 4.69) is 43.0 Å². The van der Waals surface area contributed by atoms with Crippen molar-refractivity contribution in [3.05, 3.63) is 17.5 Å². The molecule has 0 aliphatic heterocycles. The van der Waals surface area contributed by atoms with Crippen molar-refractivity contribution in [2.24, 2.45) is 11.3 Å². The number of hydrogen-bond acceptors (Lipinski definition) is 3. The molecule has 0 spiro atoms. The first-order valence-electron chi connectivity index (χ1n) is 5.10. The molecule has 1 N–H and O–H groups in total. The van der Waals surface area contributed by atoms with Gasteiger partial charge in [-0.1, -0.05) is 39.3 Å². The summed E-state index contributed by atoms with van der Waals surface area (Å²) < 4.78 is 0.